The third kappa shape index (κ3) is 3.62. The van der Waals surface area contributed by atoms with Crippen molar-refractivity contribution < 1.29 is 4.79 Å². The van der Waals surface area contributed by atoms with Crippen LogP contribution in [-0.2, 0) is 26.1 Å². The highest BCUT2D eigenvalue weighted by Gasteiger charge is 2.15. The summed E-state index contributed by atoms with van der Waals surface area (Å²) in [6.45, 7) is 3.73. The Bertz CT molecular complexity index is 650. The Morgan fingerprint density at radius 2 is 2.14 bits per heavy atom. The Labute approximate surface area is 133 Å². The van der Waals surface area contributed by atoms with Gasteiger partial charge in [-0.2, -0.15) is 0 Å². The van der Waals surface area contributed by atoms with Gasteiger partial charge in [-0.05, 0) is 19.8 Å². The van der Waals surface area contributed by atoms with Crippen LogP contribution in [0.25, 0.3) is 0 Å². The number of amides is 2. The van der Waals surface area contributed by atoms with Crippen LogP contribution in [0.3, 0.4) is 0 Å². The summed E-state index contributed by atoms with van der Waals surface area (Å²) in [5, 5.41) is 17.0. The van der Waals surface area contributed by atoms with Crippen molar-refractivity contribution in [1.29, 1.82) is 0 Å². The van der Waals surface area contributed by atoms with Crippen molar-refractivity contribution in [3.05, 3.63) is 27.7 Å². The molecule has 2 aromatic heterocycles. The lowest BCUT2D eigenvalue weighted by molar-refractivity contribution is 0.239. The zero-order chi connectivity index (χ0) is 15.4. The van der Waals surface area contributed by atoms with Gasteiger partial charge in [0.05, 0.1) is 23.8 Å². The van der Waals surface area contributed by atoms with Crippen molar-refractivity contribution in [2.75, 3.05) is 0 Å². The highest BCUT2D eigenvalue weighted by molar-refractivity contribution is 7.09. The average Bonchev–Trinajstić information content (AvgIpc) is 3.02. The van der Waals surface area contributed by atoms with Gasteiger partial charge in [0.1, 0.15) is 5.82 Å². The summed E-state index contributed by atoms with van der Waals surface area (Å²) in [7, 11) is 0. The molecule has 0 fully saturated rings. The molecular formula is C14H20N6OS. The Morgan fingerprint density at radius 1 is 1.27 bits per heavy atom. The molecule has 0 saturated heterocycles. The summed E-state index contributed by atoms with van der Waals surface area (Å²) in [5.74, 6) is 1.87. The molecule has 118 valence electrons. The fourth-order valence-electron chi connectivity index (χ4n) is 2.56. The first kappa shape index (κ1) is 15.0. The smallest absolute Gasteiger partial charge is 0.315 e. The van der Waals surface area contributed by atoms with E-state index in [-0.39, 0.29) is 6.03 Å². The SMILES string of the molecule is Cc1nc(CNC(=O)NCc2nnc3n2CCCCC3)cs1. The Kier molecular flexibility index (Phi) is 4.67. The van der Waals surface area contributed by atoms with Crippen LogP contribution in [0.1, 0.15) is 41.6 Å². The molecule has 8 heteroatoms. The van der Waals surface area contributed by atoms with Crippen molar-refractivity contribution in [3.8, 4) is 0 Å². The fourth-order valence-corrected chi connectivity index (χ4v) is 3.17. The molecule has 1 aliphatic rings. The molecule has 2 amide bonds. The number of aryl methyl sites for hydroxylation is 2. The van der Waals surface area contributed by atoms with E-state index in [1.54, 1.807) is 11.3 Å². The van der Waals surface area contributed by atoms with Crippen LogP contribution in [0.4, 0.5) is 4.79 Å². The van der Waals surface area contributed by atoms with E-state index in [4.69, 9.17) is 0 Å². The van der Waals surface area contributed by atoms with Crippen molar-refractivity contribution in [3.63, 3.8) is 0 Å². The fraction of sp³-hybridized carbons (Fsp3) is 0.571. The Balaban J connectivity index is 1.50. The predicted octanol–water partition coefficient (Wildman–Crippen LogP) is 1.77. The number of aromatic nitrogens is 4. The van der Waals surface area contributed by atoms with Gasteiger partial charge in [-0.1, -0.05) is 6.42 Å². The van der Waals surface area contributed by atoms with Gasteiger partial charge < -0.3 is 15.2 Å². The second-order valence-corrected chi connectivity index (χ2v) is 6.45. The zero-order valence-corrected chi connectivity index (χ0v) is 13.4. The van der Waals surface area contributed by atoms with E-state index in [1.807, 2.05) is 12.3 Å². The number of fused-ring (bicyclic) bond motifs is 1. The molecular weight excluding hydrogens is 300 g/mol. The molecule has 0 aliphatic carbocycles. The van der Waals surface area contributed by atoms with Gasteiger partial charge in [-0.25, -0.2) is 9.78 Å². The van der Waals surface area contributed by atoms with Crippen LogP contribution in [0.15, 0.2) is 5.38 Å². The second-order valence-electron chi connectivity index (χ2n) is 5.39. The summed E-state index contributed by atoms with van der Waals surface area (Å²) < 4.78 is 2.14. The van der Waals surface area contributed by atoms with E-state index in [0.29, 0.717) is 13.1 Å². The third-order valence-corrected chi connectivity index (χ3v) is 4.51. The van der Waals surface area contributed by atoms with Gasteiger partial charge >= 0.3 is 6.03 Å². The molecule has 0 unspecified atom stereocenters. The molecule has 2 aromatic rings. The number of thiazole rings is 1. The molecule has 0 bridgehead atoms. The van der Waals surface area contributed by atoms with Gasteiger partial charge in [0.15, 0.2) is 5.82 Å². The van der Waals surface area contributed by atoms with Gasteiger partial charge in [0.25, 0.3) is 0 Å². The first-order valence-electron chi connectivity index (χ1n) is 7.56. The zero-order valence-electron chi connectivity index (χ0n) is 12.6. The Morgan fingerprint density at radius 3 is 2.95 bits per heavy atom. The lowest BCUT2D eigenvalue weighted by atomic mass is 10.2. The largest absolute Gasteiger partial charge is 0.332 e. The van der Waals surface area contributed by atoms with Crippen LogP contribution >= 0.6 is 11.3 Å². The molecule has 2 N–H and O–H groups in total. The minimum Gasteiger partial charge on any atom is -0.332 e. The monoisotopic (exact) mass is 320 g/mol. The lowest BCUT2D eigenvalue weighted by Gasteiger charge is -2.08. The summed E-state index contributed by atoms with van der Waals surface area (Å²) in [6, 6.07) is -0.211. The maximum absolute atomic E-state index is 11.9. The third-order valence-electron chi connectivity index (χ3n) is 3.69. The van der Waals surface area contributed by atoms with Gasteiger partial charge in [-0.15, -0.1) is 21.5 Å². The highest BCUT2D eigenvalue weighted by Crippen LogP contribution is 2.14. The van der Waals surface area contributed by atoms with Gasteiger partial charge in [-0.3, -0.25) is 0 Å². The second kappa shape index (κ2) is 6.87. The average molecular weight is 320 g/mol. The standard InChI is InChI=1S/C14H20N6OS/c1-10-17-11(9-22-10)7-15-14(21)16-8-13-19-18-12-5-3-2-4-6-20(12)13/h9H,2-8H2,1H3,(H2,15,16,21). The van der Waals surface area contributed by atoms with Crippen LogP contribution in [0.2, 0.25) is 0 Å². The molecule has 0 spiro atoms. The van der Waals surface area contributed by atoms with Crippen LogP contribution in [-0.4, -0.2) is 25.8 Å². The van der Waals surface area contributed by atoms with Crippen LogP contribution in [0, 0.1) is 6.92 Å². The number of nitrogens with one attached hydrogen (secondary N) is 2. The van der Waals surface area contributed by atoms with E-state index in [9.17, 15) is 4.79 Å². The molecule has 3 rings (SSSR count). The quantitative estimate of drug-likeness (QED) is 0.899. The molecule has 1 aliphatic heterocycles. The first-order valence-corrected chi connectivity index (χ1v) is 8.44. The summed E-state index contributed by atoms with van der Waals surface area (Å²) in [6.07, 6.45) is 4.51. The molecule has 22 heavy (non-hydrogen) atoms. The number of carbonyl (C=O) groups excluding carboxylic acids is 1. The van der Waals surface area contributed by atoms with Crippen molar-refractivity contribution in [2.45, 2.75) is 52.2 Å². The van der Waals surface area contributed by atoms with Crippen LogP contribution in [0.5, 0.6) is 0 Å². The molecule has 0 radical (unpaired) electrons. The first-order chi connectivity index (χ1) is 10.7. The maximum atomic E-state index is 11.9. The predicted molar refractivity (Wildman–Crippen MR) is 83.5 cm³/mol. The summed E-state index contributed by atoms with van der Waals surface area (Å²) in [4.78, 5) is 16.2. The number of carbonyl (C=O) groups is 1. The van der Waals surface area contributed by atoms with Crippen molar-refractivity contribution >= 4 is 17.4 Å². The molecule has 7 nitrogen and oxygen atoms in total. The number of rotatable bonds is 4. The van der Waals surface area contributed by atoms with E-state index >= 15 is 0 Å². The highest BCUT2D eigenvalue weighted by atomic mass is 32.1. The van der Waals surface area contributed by atoms with Crippen LogP contribution < -0.4 is 10.6 Å². The lowest BCUT2D eigenvalue weighted by Crippen LogP contribution is -2.35. The van der Waals surface area contributed by atoms with E-state index < -0.39 is 0 Å². The number of hydrogen-bond acceptors (Lipinski definition) is 5. The Hall–Kier alpha value is -1.96. The summed E-state index contributed by atoms with van der Waals surface area (Å²) >= 11 is 1.58. The molecule has 3 heterocycles. The number of nitrogens with zero attached hydrogens (tertiary/aromatic N) is 4. The van der Waals surface area contributed by atoms with E-state index in [1.165, 1.54) is 12.8 Å². The summed E-state index contributed by atoms with van der Waals surface area (Å²) in [5.41, 5.74) is 0.883. The topological polar surface area (TPSA) is 84.7 Å². The minimum absolute atomic E-state index is 0.211. The minimum atomic E-state index is -0.211. The van der Waals surface area contributed by atoms with Gasteiger partial charge in [0.2, 0.25) is 0 Å². The molecule has 0 saturated carbocycles. The normalized spacial score (nSPS) is 14.2. The number of urea groups is 1. The number of hydrogen-bond donors (Lipinski definition) is 2. The molecule has 0 atom stereocenters. The van der Waals surface area contributed by atoms with E-state index in [0.717, 1.165) is 41.7 Å². The van der Waals surface area contributed by atoms with Crippen molar-refractivity contribution in [2.24, 2.45) is 0 Å². The van der Waals surface area contributed by atoms with E-state index in [2.05, 4.69) is 30.4 Å². The van der Waals surface area contributed by atoms with Gasteiger partial charge in [0, 0.05) is 18.3 Å². The maximum Gasteiger partial charge on any atom is 0.315 e. The molecule has 0 aromatic carbocycles. The van der Waals surface area contributed by atoms with Crippen molar-refractivity contribution in [1.82, 2.24) is 30.4 Å².